The number of H-pyrrole nitrogens is 1. The number of hydrogen-bond donors (Lipinski definition) is 1. The molecule has 150 valence electrons. The Morgan fingerprint density at radius 2 is 1.90 bits per heavy atom. The van der Waals surface area contributed by atoms with Crippen LogP contribution in [-0.2, 0) is 26.4 Å². The minimum Gasteiger partial charge on any atom is -0.334 e. The van der Waals surface area contributed by atoms with E-state index in [1.807, 2.05) is 47.4 Å². The first kappa shape index (κ1) is 18.2. The van der Waals surface area contributed by atoms with Gasteiger partial charge in [-0.3, -0.25) is 9.89 Å². The fraction of sp³-hybridized carbons (Fsp3) is 0.227. The first-order chi connectivity index (χ1) is 14.7. The molecule has 0 saturated heterocycles. The molecule has 0 spiro atoms. The van der Waals surface area contributed by atoms with Crippen LogP contribution in [0.15, 0.2) is 54.6 Å². The number of tetrazole rings is 1. The molecular weight excluding hydrogens is 378 g/mol. The van der Waals surface area contributed by atoms with Crippen LogP contribution in [0.25, 0.3) is 11.4 Å². The van der Waals surface area contributed by atoms with E-state index < -0.39 is 0 Å². The predicted octanol–water partition coefficient (Wildman–Crippen LogP) is 2.39. The van der Waals surface area contributed by atoms with Crippen LogP contribution in [0, 0.1) is 0 Å². The van der Waals surface area contributed by atoms with E-state index >= 15 is 0 Å². The summed E-state index contributed by atoms with van der Waals surface area (Å²) in [5.41, 5.74) is 5.98. The molecule has 0 fully saturated rings. The van der Waals surface area contributed by atoms with Gasteiger partial charge < -0.3 is 4.90 Å². The molecule has 0 radical (unpaired) electrons. The van der Waals surface area contributed by atoms with E-state index in [1.165, 1.54) is 10.4 Å². The van der Waals surface area contributed by atoms with Crippen molar-refractivity contribution < 1.29 is 4.79 Å². The molecule has 0 unspecified atom stereocenters. The van der Waals surface area contributed by atoms with Gasteiger partial charge in [-0.05, 0) is 22.9 Å². The van der Waals surface area contributed by atoms with Gasteiger partial charge in [0.25, 0.3) is 5.91 Å². The highest BCUT2D eigenvalue weighted by molar-refractivity contribution is 5.94. The van der Waals surface area contributed by atoms with Crippen molar-refractivity contribution in [1.29, 1.82) is 0 Å². The predicted molar refractivity (Wildman–Crippen MR) is 111 cm³/mol. The lowest BCUT2D eigenvalue weighted by atomic mass is 10.00. The molecule has 4 aromatic rings. The van der Waals surface area contributed by atoms with Gasteiger partial charge in [-0.25, -0.2) is 0 Å². The zero-order chi connectivity index (χ0) is 20.5. The molecule has 0 saturated carbocycles. The van der Waals surface area contributed by atoms with Gasteiger partial charge in [0.15, 0.2) is 0 Å². The smallest absolute Gasteiger partial charge is 0.254 e. The number of amides is 1. The van der Waals surface area contributed by atoms with E-state index in [9.17, 15) is 4.79 Å². The van der Waals surface area contributed by atoms with Crippen LogP contribution in [0.4, 0.5) is 0 Å². The number of aromatic amines is 1. The fourth-order valence-corrected chi connectivity index (χ4v) is 3.81. The normalized spacial score (nSPS) is 13.3. The Morgan fingerprint density at radius 1 is 1.10 bits per heavy atom. The van der Waals surface area contributed by atoms with Crippen LogP contribution >= 0.6 is 0 Å². The maximum atomic E-state index is 13.1. The number of rotatable bonds is 4. The Bertz CT molecular complexity index is 1180. The third-order valence-electron chi connectivity index (χ3n) is 5.42. The van der Waals surface area contributed by atoms with Crippen molar-refractivity contribution in [3.8, 4) is 11.4 Å². The number of aryl methyl sites for hydroxylation is 1. The number of fused-ring (bicyclic) bond motifs is 1. The Kier molecular flexibility index (Phi) is 4.59. The van der Waals surface area contributed by atoms with Gasteiger partial charge in [-0.1, -0.05) is 42.5 Å². The van der Waals surface area contributed by atoms with E-state index in [2.05, 4.69) is 37.7 Å². The third kappa shape index (κ3) is 3.47. The number of carbonyl (C=O) groups excluding carboxylic acids is 1. The molecule has 0 bridgehead atoms. The highest BCUT2D eigenvalue weighted by Gasteiger charge is 2.26. The molecule has 3 heterocycles. The van der Waals surface area contributed by atoms with E-state index in [4.69, 9.17) is 0 Å². The van der Waals surface area contributed by atoms with E-state index in [0.717, 1.165) is 35.4 Å². The topological polar surface area (TPSA) is 92.6 Å². The van der Waals surface area contributed by atoms with Gasteiger partial charge in [0, 0.05) is 48.3 Å². The Morgan fingerprint density at radius 3 is 2.63 bits per heavy atom. The molecule has 2 aromatic heterocycles. The van der Waals surface area contributed by atoms with Gasteiger partial charge in [-0.2, -0.15) is 9.90 Å². The molecule has 8 heteroatoms. The van der Waals surface area contributed by atoms with E-state index in [-0.39, 0.29) is 5.91 Å². The maximum absolute atomic E-state index is 13.1. The largest absolute Gasteiger partial charge is 0.334 e. The molecule has 1 aliphatic rings. The Labute approximate surface area is 173 Å². The molecule has 0 atom stereocenters. The zero-order valence-corrected chi connectivity index (χ0v) is 16.6. The number of aromatic nitrogens is 6. The lowest BCUT2D eigenvalue weighted by Crippen LogP contribution is -2.36. The van der Waals surface area contributed by atoms with Crippen LogP contribution in [0.3, 0.4) is 0 Å². The minimum atomic E-state index is 0.0196. The van der Waals surface area contributed by atoms with Crippen molar-refractivity contribution in [2.75, 3.05) is 6.54 Å². The van der Waals surface area contributed by atoms with Crippen LogP contribution in [-0.4, -0.2) is 47.8 Å². The van der Waals surface area contributed by atoms with E-state index in [1.54, 1.807) is 7.05 Å². The molecule has 2 aromatic carbocycles. The molecule has 5 rings (SSSR count). The summed E-state index contributed by atoms with van der Waals surface area (Å²) in [6.07, 6.45) is 1.54. The zero-order valence-electron chi connectivity index (χ0n) is 16.6. The Balaban J connectivity index is 1.33. The van der Waals surface area contributed by atoms with Gasteiger partial charge >= 0.3 is 0 Å². The Hall–Kier alpha value is -3.81. The second kappa shape index (κ2) is 7.55. The lowest BCUT2D eigenvalue weighted by molar-refractivity contribution is 0.0734. The molecule has 0 aliphatic carbocycles. The van der Waals surface area contributed by atoms with Crippen molar-refractivity contribution in [2.45, 2.75) is 19.4 Å². The first-order valence-electron chi connectivity index (χ1n) is 9.90. The average molecular weight is 399 g/mol. The third-order valence-corrected chi connectivity index (χ3v) is 5.42. The summed E-state index contributed by atoms with van der Waals surface area (Å²) < 4.78 is 0. The quantitative estimate of drug-likeness (QED) is 0.569. The lowest BCUT2D eigenvalue weighted by Gasteiger charge is -2.27. The molecule has 1 aliphatic heterocycles. The summed E-state index contributed by atoms with van der Waals surface area (Å²) in [4.78, 5) is 16.4. The van der Waals surface area contributed by atoms with Crippen molar-refractivity contribution in [2.24, 2.45) is 7.05 Å². The minimum absolute atomic E-state index is 0.0196. The van der Waals surface area contributed by atoms with Crippen molar-refractivity contribution in [1.82, 2.24) is 35.3 Å². The standard InChI is InChI=1S/C22H21N7O/c1-28-26-21(25-27-28)16-7-9-17(10-8-16)22(30)29-12-11-19-18(14-29)20(24-23-19)13-15-5-3-2-4-6-15/h2-10H,11-14H2,1H3,(H,23,24). The highest BCUT2D eigenvalue weighted by atomic mass is 16.2. The van der Waals surface area contributed by atoms with Crippen LogP contribution in [0.1, 0.15) is 32.9 Å². The molecular formula is C22H21N7O. The van der Waals surface area contributed by atoms with Gasteiger partial charge in [0.1, 0.15) is 0 Å². The van der Waals surface area contributed by atoms with E-state index in [0.29, 0.717) is 24.5 Å². The SMILES string of the molecule is Cn1nnc(-c2ccc(C(=O)N3CCc4[nH]nc(Cc5ccccc5)c4C3)cc2)n1. The fourth-order valence-electron chi connectivity index (χ4n) is 3.81. The van der Waals surface area contributed by atoms with Crippen LogP contribution < -0.4 is 0 Å². The van der Waals surface area contributed by atoms with Gasteiger partial charge in [0.2, 0.25) is 5.82 Å². The summed E-state index contributed by atoms with van der Waals surface area (Å²) >= 11 is 0. The number of nitrogens with one attached hydrogen (secondary N) is 1. The molecule has 1 amide bonds. The summed E-state index contributed by atoms with van der Waals surface area (Å²) in [6.45, 7) is 1.24. The van der Waals surface area contributed by atoms with Crippen molar-refractivity contribution in [3.63, 3.8) is 0 Å². The summed E-state index contributed by atoms with van der Waals surface area (Å²) in [7, 11) is 1.72. The second-order valence-electron chi connectivity index (χ2n) is 7.45. The number of nitrogens with zero attached hydrogens (tertiary/aromatic N) is 6. The van der Waals surface area contributed by atoms with Crippen LogP contribution in [0.2, 0.25) is 0 Å². The second-order valence-corrected chi connectivity index (χ2v) is 7.45. The van der Waals surface area contributed by atoms with Gasteiger partial charge in [0.05, 0.1) is 12.7 Å². The van der Waals surface area contributed by atoms with Crippen molar-refractivity contribution >= 4 is 5.91 Å². The number of hydrogen-bond acceptors (Lipinski definition) is 5. The summed E-state index contributed by atoms with van der Waals surface area (Å²) in [6, 6.07) is 17.6. The summed E-state index contributed by atoms with van der Waals surface area (Å²) in [5.74, 6) is 0.564. The molecule has 8 nitrogen and oxygen atoms in total. The van der Waals surface area contributed by atoms with Crippen molar-refractivity contribution in [3.05, 3.63) is 82.7 Å². The summed E-state index contributed by atoms with van der Waals surface area (Å²) in [5, 5.41) is 19.7. The monoisotopic (exact) mass is 399 g/mol. The first-order valence-corrected chi connectivity index (χ1v) is 9.90. The maximum Gasteiger partial charge on any atom is 0.254 e. The number of carbonyl (C=O) groups is 1. The molecule has 1 N–H and O–H groups in total. The molecule has 30 heavy (non-hydrogen) atoms. The average Bonchev–Trinajstić information content (AvgIpc) is 3.40. The van der Waals surface area contributed by atoms with Gasteiger partial charge in [-0.15, -0.1) is 10.2 Å². The number of benzene rings is 2. The van der Waals surface area contributed by atoms with Crippen LogP contribution in [0.5, 0.6) is 0 Å². The highest BCUT2D eigenvalue weighted by Crippen LogP contribution is 2.24.